The molecule has 4 aromatic carbocycles. The topological polar surface area (TPSA) is 92.3 Å². The molecular weight excluding hydrogens is 546 g/mol. The molecule has 1 N–H and O–H groups in total. The number of benzene rings is 4. The second-order valence-corrected chi connectivity index (χ2v) is 9.40. The summed E-state index contributed by atoms with van der Waals surface area (Å²) in [6, 6.07) is 27.1. The van der Waals surface area contributed by atoms with Gasteiger partial charge in [0, 0.05) is 23.1 Å². The van der Waals surface area contributed by atoms with Crippen molar-refractivity contribution < 1.29 is 41.5 Å². The Kier molecular flexibility index (Phi) is 8.81. The number of methoxy groups -OCH3 is 2. The number of hydrogen-bond acceptors (Lipinski definition) is 7. The maximum atomic E-state index is 13.3. The van der Waals surface area contributed by atoms with Crippen LogP contribution in [-0.2, 0) is 45.1 Å². The maximum absolute atomic E-state index is 13.3. The Hall–Kier alpha value is -4.82. The highest BCUT2D eigenvalue weighted by molar-refractivity contribution is 5.79. The standard InChI is InChI=1S/C35H37NO7/c1-25(37)43-35(42-24-28-12-8-5-9-13-28)31-22-30(39-2)16-15-29(31)21-34(38)36-19-18-26-14-17-32(33(20-26)40-3)41-23-27-10-6-4-7-11-27/h4-17,20,22,35H,18-19,21,23-24H2,1-3H3,(H,36,38)/i3D3,18D,19D2. The van der Waals surface area contributed by atoms with Crippen LogP contribution in [0.2, 0.25) is 0 Å². The predicted octanol–water partition coefficient (Wildman–Crippen LogP) is 5.96. The lowest BCUT2D eigenvalue weighted by molar-refractivity contribution is -0.181. The van der Waals surface area contributed by atoms with Gasteiger partial charge in [-0.05, 0) is 52.9 Å². The van der Waals surface area contributed by atoms with Gasteiger partial charge in [-0.2, -0.15) is 0 Å². The molecule has 2 atom stereocenters. The van der Waals surface area contributed by atoms with E-state index in [0.29, 0.717) is 16.9 Å². The number of amides is 1. The maximum Gasteiger partial charge on any atom is 0.305 e. The van der Waals surface area contributed by atoms with Gasteiger partial charge in [0.15, 0.2) is 11.5 Å². The molecule has 0 spiro atoms. The van der Waals surface area contributed by atoms with Crippen LogP contribution in [-0.4, -0.2) is 32.5 Å². The minimum atomic E-state index is -2.85. The van der Waals surface area contributed by atoms with E-state index in [-0.39, 0.29) is 36.7 Å². The number of carbonyl (C=O) groups is 2. The van der Waals surface area contributed by atoms with Gasteiger partial charge in [0.2, 0.25) is 12.2 Å². The van der Waals surface area contributed by atoms with Crippen LogP contribution in [0.1, 0.15) is 49.3 Å². The van der Waals surface area contributed by atoms with Gasteiger partial charge in [-0.3, -0.25) is 9.59 Å². The molecular formula is C35H37NO7. The largest absolute Gasteiger partial charge is 0.497 e. The molecule has 224 valence electrons. The Balaban J connectivity index is 1.53. The molecule has 0 aromatic heterocycles. The van der Waals surface area contributed by atoms with Crippen molar-refractivity contribution in [3.8, 4) is 17.2 Å². The quantitative estimate of drug-likeness (QED) is 0.135. The lowest BCUT2D eigenvalue weighted by Crippen LogP contribution is -2.28. The van der Waals surface area contributed by atoms with Crippen molar-refractivity contribution in [2.75, 3.05) is 20.6 Å². The Labute approximate surface area is 260 Å². The van der Waals surface area contributed by atoms with Gasteiger partial charge in [-0.1, -0.05) is 72.8 Å². The van der Waals surface area contributed by atoms with E-state index in [1.165, 1.54) is 32.2 Å². The van der Waals surface area contributed by atoms with Crippen molar-refractivity contribution in [3.63, 3.8) is 0 Å². The molecule has 0 saturated carbocycles. The average molecular weight is 590 g/mol. The fourth-order valence-corrected chi connectivity index (χ4v) is 4.13. The van der Waals surface area contributed by atoms with Crippen LogP contribution in [0.3, 0.4) is 0 Å². The zero-order chi connectivity index (χ0) is 35.6. The number of hydrogen-bond donors (Lipinski definition) is 1. The van der Waals surface area contributed by atoms with E-state index in [1.807, 2.05) is 60.7 Å². The first kappa shape index (κ1) is 23.7. The van der Waals surface area contributed by atoms with E-state index < -0.39 is 38.1 Å². The van der Waals surface area contributed by atoms with Crippen LogP contribution in [0.5, 0.6) is 17.2 Å². The minimum Gasteiger partial charge on any atom is -0.497 e. The predicted molar refractivity (Wildman–Crippen MR) is 163 cm³/mol. The molecule has 43 heavy (non-hydrogen) atoms. The molecule has 1 amide bonds. The molecule has 0 fully saturated rings. The first-order valence-corrected chi connectivity index (χ1v) is 13.5. The highest BCUT2D eigenvalue weighted by Gasteiger charge is 2.22. The fourth-order valence-electron chi connectivity index (χ4n) is 4.13. The summed E-state index contributed by atoms with van der Waals surface area (Å²) in [6.07, 6.45) is -3.27. The molecule has 4 aromatic rings. The number of nitrogens with one attached hydrogen (secondary N) is 1. The Bertz CT molecular complexity index is 1700. The van der Waals surface area contributed by atoms with Gasteiger partial charge >= 0.3 is 5.97 Å². The molecule has 0 aliphatic carbocycles. The summed E-state index contributed by atoms with van der Waals surface area (Å²) in [6.45, 7) is -1.19. The van der Waals surface area contributed by atoms with Crippen molar-refractivity contribution in [2.45, 2.75) is 39.2 Å². The van der Waals surface area contributed by atoms with Gasteiger partial charge in [-0.25, -0.2) is 0 Å². The van der Waals surface area contributed by atoms with Crippen LogP contribution in [0.25, 0.3) is 0 Å². The van der Waals surface area contributed by atoms with Crippen LogP contribution in [0.4, 0.5) is 0 Å². The monoisotopic (exact) mass is 589 g/mol. The molecule has 8 heteroatoms. The number of esters is 1. The zero-order valence-corrected chi connectivity index (χ0v) is 23.9. The number of aryl methyl sites for hydroxylation is 1. The van der Waals surface area contributed by atoms with Crippen molar-refractivity contribution in [3.05, 3.63) is 125 Å². The highest BCUT2D eigenvalue weighted by atomic mass is 16.7. The summed E-state index contributed by atoms with van der Waals surface area (Å²) >= 11 is 0. The van der Waals surface area contributed by atoms with E-state index >= 15 is 0 Å². The molecule has 8 nitrogen and oxygen atoms in total. The van der Waals surface area contributed by atoms with Gasteiger partial charge in [0.05, 0.1) is 31.3 Å². The van der Waals surface area contributed by atoms with E-state index in [1.54, 1.807) is 18.2 Å². The lowest BCUT2D eigenvalue weighted by atomic mass is 10.0. The molecule has 0 aliphatic heterocycles. The number of rotatable bonds is 15. The Morgan fingerprint density at radius 1 is 0.837 bits per heavy atom. The van der Waals surface area contributed by atoms with E-state index in [4.69, 9.17) is 31.9 Å². The first-order chi connectivity index (χ1) is 23.2. The number of ether oxygens (including phenoxy) is 5. The molecule has 0 radical (unpaired) electrons. The summed E-state index contributed by atoms with van der Waals surface area (Å²) < 4.78 is 76.2. The van der Waals surface area contributed by atoms with Gasteiger partial charge in [0.1, 0.15) is 12.4 Å². The third-order valence-electron chi connectivity index (χ3n) is 6.24. The highest BCUT2D eigenvalue weighted by Crippen LogP contribution is 2.30. The second kappa shape index (κ2) is 16.0. The lowest BCUT2D eigenvalue weighted by Gasteiger charge is -2.21. The Morgan fingerprint density at radius 3 is 2.23 bits per heavy atom. The van der Waals surface area contributed by atoms with Crippen LogP contribution >= 0.6 is 0 Å². The summed E-state index contributed by atoms with van der Waals surface area (Å²) in [5.41, 5.74) is 2.36. The molecule has 0 aliphatic rings. The van der Waals surface area contributed by atoms with E-state index in [9.17, 15) is 9.59 Å². The molecule has 4 rings (SSSR count). The normalized spacial score (nSPS) is 14.7. The summed E-state index contributed by atoms with van der Waals surface area (Å²) in [5.74, 6) is -1.11. The minimum absolute atomic E-state index is 0.0333. The van der Waals surface area contributed by atoms with Gasteiger partial charge < -0.3 is 29.0 Å². The summed E-state index contributed by atoms with van der Waals surface area (Å²) in [5, 5.41) is 2.27. The molecule has 0 saturated heterocycles. The van der Waals surface area contributed by atoms with Crippen LogP contribution in [0.15, 0.2) is 97.1 Å². The number of carbonyl (C=O) groups excluding carboxylic acids is 2. The summed E-state index contributed by atoms with van der Waals surface area (Å²) in [7, 11) is -1.39. The fraction of sp³-hybridized carbons (Fsp3) is 0.257. The second-order valence-electron chi connectivity index (χ2n) is 9.40. The smallest absolute Gasteiger partial charge is 0.305 e. The van der Waals surface area contributed by atoms with Crippen molar-refractivity contribution in [2.24, 2.45) is 0 Å². The molecule has 0 heterocycles. The third-order valence-corrected chi connectivity index (χ3v) is 6.24. The van der Waals surface area contributed by atoms with Crippen molar-refractivity contribution in [1.29, 1.82) is 0 Å². The Morgan fingerprint density at radius 2 is 1.56 bits per heavy atom. The third kappa shape index (κ3) is 9.61. The molecule has 2 unspecified atom stereocenters. The molecule has 0 bridgehead atoms. The van der Waals surface area contributed by atoms with Gasteiger partial charge in [-0.15, -0.1) is 0 Å². The van der Waals surface area contributed by atoms with E-state index in [2.05, 4.69) is 5.32 Å². The van der Waals surface area contributed by atoms with Crippen molar-refractivity contribution >= 4 is 11.9 Å². The van der Waals surface area contributed by atoms with Crippen molar-refractivity contribution in [1.82, 2.24) is 5.32 Å². The average Bonchev–Trinajstić information content (AvgIpc) is 3.05. The van der Waals surface area contributed by atoms with E-state index in [0.717, 1.165) is 11.1 Å². The van der Waals surface area contributed by atoms with Crippen LogP contribution < -0.4 is 19.5 Å². The zero-order valence-electron chi connectivity index (χ0n) is 29.9. The van der Waals surface area contributed by atoms with Crippen LogP contribution in [0, 0.1) is 0 Å². The summed E-state index contributed by atoms with van der Waals surface area (Å²) in [4.78, 5) is 25.3. The SMILES string of the molecule is [2H]C(c1ccc(OCc2ccccc2)c(OC([2H])([2H])[2H])c1)C([2H])([2H])NC(=O)Cc1ccc(OC)cc1C(OCc1ccccc1)OC(C)=O. The first-order valence-electron chi connectivity index (χ1n) is 16.5. The van der Waals surface area contributed by atoms with Gasteiger partial charge in [0.25, 0.3) is 0 Å².